The summed E-state index contributed by atoms with van der Waals surface area (Å²) in [6.45, 7) is 4.01. The Morgan fingerprint density at radius 1 is 1.40 bits per heavy atom. The lowest BCUT2D eigenvalue weighted by Gasteiger charge is -2.30. The molecule has 15 heavy (non-hydrogen) atoms. The Balaban J connectivity index is 4.85. The Morgan fingerprint density at radius 3 is 2.13 bits per heavy atom. The van der Waals surface area contributed by atoms with E-state index in [-0.39, 0.29) is 13.0 Å². The molecule has 0 fully saturated rings. The highest BCUT2D eigenvalue weighted by atomic mass is 32.2. The summed E-state index contributed by atoms with van der Waals surface area (Å²) in [5.41, 5.74) is 3.40. The van der Waals surface area contributed by atoms with Crippen molar-refractivity contribution in [3.05, 3.63) is 0 Å². The summed E-state index contributed by atoms with van der Waals surface area (Å²) in [7, 11) is -3.71. The van der Waals surface area contributed by atoms with Crippen LogP contribution in [-0.2, 0) is 10.0 Å². The van der Waals surface area contributed by atoms with Crippen LogP contribution in [0.4, 0.5) is 8.78 Å². The van der Waals surface area contributed by atoms with Gasteiger partial charge in [0.2, 0.25) is 10.0 Å². The number of hydrogen-bond donors (Lipinski definition) is 2. The van der Waals surface area contributed by atoms with Crippen molar-refractivity contribution in [2.45, 2.75) is 44.4 Å². The summed E-state index contributed by atoms with van der Waals surface area (Å²) >= 11 is 0. The highest BCUT2D eigenvalue weighted by molar-refractivity contribution is 7.90. The molecule has 0 aromatic carbocycles. The molecule has 0 aliphatic carbocycles. The highest BCUT2D eigenvalue weighted by Crippen LogP contribution is 2.21. The first-order valence-electron chi connectivity index (χ1n) is 4.66. The number of nitrogens with one attached hydrogen (secondary N) is 1. The molecule has 0 aliphatic rings. The molecule has 0 amide bonds. The zero-order valence-electron chi connectivity index (χ0n) is 9.13. The molecule has 3 N–H and O–H groups in total. The van der Waals surface area contributed by atoms with Gasteiger partial charge in [0.1, 0.15) is 0 Å². The Labute approximate surface area is 89.3 Å². The third-order valence-electron chi connectivity index (χ3n) is 2.14. The van der Waals surface area contributed by atoms with E-state index in [9.17, 15) is 17.2 Å². The monoisotopic (exact) mass is 244 g/mol. The molecule has 4 nitrogen and oxygen atoms in total. The molecule has 0 aromatic heterocycles. The third kappa shape index (κ3) is 4.00. The maximum atomic E-state index is 12.7. The smallest absolute Gasteiger partial charge is 0.257 e. The van der Waals surface area contributed by atoms with Gasteiger partial charge in [-0.3, -0.25) is 0 Å². The average molecular weight is 244 g/mol. The van der Waals surface area contributed by atoms with E-state index in [1.807, 2.05) is 4.72 Å². The predicted molar refractivity (Wildman–Crippen MR) is 55.3 cm³/mol. The predicted octanol–water partition coefficient (Wildman–Crippen LogP) is 0.687. The van der Waals surface area contributed by atoms with Crippen molar-refractivity contribution >= 4 is 10.0 Å². The number of nitrogens with two attached hydrogens (primary N) is 1. The van der Waals surface area contributed by atoms with Crippen molar-refractivity contribution < 1.29 is 17.2 Å². The topological polar surface area (TPSA) is 72.2 Å². The summed E-state index contributed by atoms with van der Waals surface area (Å²) in [4.78, 5) is 0. The van der Waals surface area contributed by atoms with Gasteiger partial charge in [0, 0.05) is 0 Å². The van der Waals surface area contributed by atoms with Gasteiger partial charge >= 0.3 is 0 Å². The number of rotatable bonds is 6. The molecule has 0 radical (unpaired) electrons. The summed E-state index contributed by atoms with van der Waals surface area (Å²) in [6, 6.07) is 0. The molecule has 1 atom stereocenters. The van der Waals surface area contributed by atoms with E-state index < -0.39 is 27.2 Å². The molecule has 0 bridgehead atoms. The van der Waals surface area contributed by atoms with E-state index in [4.69, 9.17) is 5.73 Å². The van der Waals surface area contributed by atoms with Crippen LogP contribution >= 0.6 is 0 Å². The lowest BCUT2D eigenvalue weighted by Crippen LogP contribution is -2.54. The first-order chi connectivity index (χ1) is 6.65. The third-order valence-corrected chi connectivity index (χ3v) is 4.13. The minimum absolute atomic E-state index is 0.00144. The average Bonchev–Trinajstić information content (AvgIpc) is 2.02. The Morgan fingerprint density at radius 2 is 1.87 bits per heavy atom. The molecule has 0 aliphatic heterocycles. The van der Waals surface area contributed by atoms with Gasteiger partial charge in [0.15, 0.2) is 0 Å². The second-order valence-corrected chi connectivity index (χ2v) is 6.19. The fraction of sp³-hybridized carbons (Fsp3) is 1.00. The van der Waals surface area contributed by atoms with Gasteiger partial charge < -0.3 is 5.73 Å². The number of halogens is 2. The molecule has 0 aromatic rings. The fourth-order valence-electron chi connectivity index (χ4n) is 0.947. The second-order valence-electron chi connectivity index (χ2n) is 3.95. The minimum atomic E-state index is -3.71. The Hall–Kier alpha value is -0.270. The molecule has 92 valence electrons. The standard InChI is InChI=1S/C8H18F2N2O2S/c1-6(2)15(13,14)12-8(3,4-5-11)7(9)10/h6-7,12H,4-5,11H2,1-3H3. The fourth-order valence-corrected chi connectivity index (χ4v) is 2.02. The van der Waals surface area contributed by atoms with E-state index in [2.05, 4.69) is 0 Å². The molecule has 7 heteroatoms. The number of sulfonamides is 1. The second kappa shape index (κ2) is 5.18. The molecular formula is C8H18F2N2O2S. The molecule has 1 unspecified atom stereocenters. The minimum Gasteiger partial charge on any atom is -0.330 e. The Kier molecular flexibility index (Phi) is 5.08. The van der Waals surface area contributed by atoms with Crippen molar-refractivity contribution in [1.29, 1.82) is 0 Å². The molecule has 0 heterocycles. The maximum absolute atomic E-state index is 12.7. The zero-order valence-corrected chi connectivity index (χ0v) is 9.94. The van der Waals surface area contributed by atoms with Gasteiger partial charge in [-0.2, -0.15) is 0 Å². The van der Waals surface area contributed by atoms with Crippen molar-refractivity contribution in [2.24, 2.45) is 5.73 Å². The van der Waals surface area contributed by atoms with Gasteiger partial charge in [-0.05, 0) is 33.7 Å². The van der Waals surface area contributed by atoms with Crippen LogP contribution in [0.25, 0.3) is 0 Å². The lowest BCUT2D eigenvalue weighted by molar-refractivity contribution is 0.0501. The first kappa shape index (κ1) is 14.7. The molecule has 0 spiro atoms. The van der Waals surface area contributed by atoms with E-state index in [0.29, 0.717) is 0 Å². The summed E-state index contributed by atoms with van der Waals surface area (Å²) in [5.74, 6) is 0. The van der Waals surface area contributed by atoms with Crippen molar-refractivity contribution in [2.75, 3.05) is 6.54 Å². The largest absolute Gasteiger partial charge is 0.330 e. The van der Waals surface area contributed by atoms with Gasteiger partial charge in [-0.1, -0.05) is 0 Å². The van der Waals surface area contributed by atoms with E-state index in [1.165, 1.54) is 13.8 Å². The quantitative estimate of drug-likeness (QED) is 0.722. The molecule has 0 saturated carbocycles. The Bertz CT molecular complexity index is 293. The lowest BCUT2D eigenvalue weighted by atomic mass is 10.0. The summed E-state index contributed by atoms with van der Waals surface area (Å²) in [5, 5.41) is -0.742. The van der Waals surface area contributed by atoms with Crippen LogP contribution in [0.2, 0.25) is 0 Å². The summed E-state index contributed by atoms with van der Waals surface area (Å²) < 4.78 is 50.3. The van der Waals surface area contributed by atoms with E-state index in [1.54, 1.807) is 0 Å². The van der Waals surface area contributed by atoms with Crippen LogP contribution < -0.4 is 10.5 Å². The number of alkyl halides is 2. The molecule has 0 rings (SSSR count). The van der Waals surface area contributed by atoms with Crippen LogP contribution in [0.1, 0.15) is 27.2 Å². The van der Waals surface area contributed by atoms with Crippen molar-refractivity contribution in [3.63, 3.8) is 0 Å². The van der Waals surface area contributed by atoms with Gasteiger partial charge in [-0.15, -0.1) is 0 Å². The van der Waals surface area contributed by atoms with Crippen LogP contribution in [0.15, 0.2) is 0 Å². The summed E-state index contributed by atoms with van der Waals surface area (Å²) in [6.07, 6.45) is -2.88. The normalized spacial score (nSPS) is 17.1. The molecule has 0 saturated heterocycles. The first-order valence-corrected chi connectivity index (χ1v) is 6.21. The van der Waals surface area contributed by atoms with E-state index in [0.717, 1.165) is 6.92 Å². The van der Waals surface area contributed by atoms with Crippen molar-refractivity contribution in [3.8, 4) is 0 Å². The van der Waals surface area contributed by atoms with Gasteiger partial charge in [0.25, 0.3) is 6.43 Å². The maximum Gasteiger partial charge on any atom is 0.257 e. The van der Waals surface area contributed by atoms with Crippen LogP contribution in [0.3, 0.4) is 0 Å². The van der Waals surface area contributed by atoms with Gasteiger partial charge in [-0.25, -0.2) is 21.9 Å². The van der Waals surface area contributed by atoms with E-state index >= 15 is 0 Å². The highest BCUT2D eigenvalue weighted by Gasteiger charge is 2.38. The van der Waals surface area contributed by atoms with Crippen molar-refractivity contribution in [1.82, 2.24) is 4.72 Å². The zero-order chi connectivity index (χ0) is 12.3. The SMILES string of the molecule is CC(C)S(=O)(=O)NC(C)(CCN)C(F)F. The van der Waals surface area contributed by atoms with Crippen LogP contribution in [0, 0.1) is 0 Å². The molecular weight excluding hydrogens is 226 g/mol. The van der Waals surface area contributed by atoms with Crippen LogP contribution in [-0.4, -0.2) is 32.2 Å². The van der Waals surface area contributed by atoms with Gasteiger partial charge in [0.05, 0.1) is 10.8 Å². The van der Waals surface area contributed by atoms with Crippen LogP contribution in [0.5, 0.6) is 0 Å². The number of hydrogen-bond acceptors (Lipinski definition) is 3.